The van der Waals surface area contributed by atoms with Crippen molar-refractivity contribution in [3.05, 3.63) is 29.8 Å². The van der Waals surface area contributed by atoms with Crippen molar-refractivity contribution < 1.29 is 9.84 Å². The Hall–Kier alpha value is -1.10. The summed E-state index contributed by atoms with van der Waals surface area (Å²) in [5.74, 6) is 0.909. The molecule has 2 aliphatic rings. The molecule has 0 amide bonds. The molecule has 2 aliphatic heterocycles. The number of nitrogens with zero attached hydrogens (tertiary/aromatic N) is 2. The van der Waals surface area contributed by atoms with Gasteiger partial charge in [0.05, 0.1) is 6.04 Å². The third kappa shape index (κ3) is 2.32. The van der Waals surface area contributed by atoms with Crippen LogP contribution in [0.5, 0.6) is 5.75 Å². The van der Waals surface area contributed by atoms with Crippen molar-refractivity contribution in [1.82, 2.24) is 9.80 Å². The van der Waals surface area contributed by atoms with Crippen LogP contribution >= 0.6 is 0 Å². The number of para-hydroxylation sites is 1. The normalized spacial score (nSPS) is 30.6. The van der Waals surface area contributed by atoms with Gasteiger partial charge in [-0.3, -0.25) is 4.90 Å². The van der Waals surface area contributed by atoms with Gasteiger partial charge in [0.1, 0.15) is 17.5 Å². The molecular weight excluding hydrogens is 252 g/mol. The molecule has 0 bridgehead atoms. The number of hydrogen-bond donors (Lipinski definition) is 1. The molecule has 110 valence electrons. The lowest BCUT2D eigenvalue weighted by molar-refractivity contribution is -0.0988. The SMILES string of the molecule is CN1CCN([C@@H]2c3ccccc3OC(C)(C)[C@H]2O)CC1. The molecule has 4 heteroatoms. The highest BCUT2D eigenvalue weighted by Gasteiger charge is 2.45. The third-order valence-corrected chi connectivity index (χ3v) is 4.55. The van der Waals surface area contributed by atoms with Crippen molar-refractivity contribution in [2.24, 2.45) is 0 Å². The maximum atomic E-state index is 10.8. The molecule has 2 heterocycles. The summed E-state index contributed by atoms with van der Waals surface area (Å²) in [6.07, 6.45) is -0.513. The smallest absolute Gasteiger partial charge is 0.131 e. The predicted octanol–water partition coefficient (Wildman–Crippen LogP) is 1.51. The molecule has 4 nitrogen and oxygen atoms in total. The molecule has 0 aliphatic carbocycles. The second-order valence-electron chi connectivity index (χ2n) is 6.47. The number of aliphatic hydroxyl groups excluding tert-OH is 1. The predicted molar refractivity (Wildman–Crippen MR) is 79.0 cm³/mol. The number of fused-ring (bicyclic) bond motifs is 1. The first-order chi connectivity index (χ1) is 9.49. The van der Waals surface area contributed by atoms with Crippen LogP contribution in [0.25, 0.3) is 0 Å². The number of ether oxygens (including phenoxy) is 1. The fourth-order valence-electron chi connectivity index (χ4n) is 3.21. The molecule has 0 spiro atoms. The maximum Gasteiger partial charge on any atom is 0.131 e. The second kappa shape index (κ2) is 5.02. The number of benzene rings is 1. The van der Waals surface area contributed by atoms with Crippen molar-refractivity contribution in [3.8, 4) is 5.75 Å². The molecule has 2 atom stereocenters. The van der Waals surface area contributed by atoms with E-state index in [0.717, 1.165) is 37.5 Å². The van der Waals surface area contributed by atoms with E-state index in [-0.39, 0.29) is 6.04 Å². The van der Waals surface area contributed by atoms with E-state index < -0.39 is 11.7 Å². The summed E-state index contributed by atoms with van der Waals surface area (Å²) in [4.78, 5) is 4.73. The monoisotopic (exact) mass is 276 g/mol. The van der Waals surface area contributed by atoms with Gasteiger partial charge in [-0.15, -0.1) is 0 Å². The van der Waals surface area contributed by atoms with E-state index in [4.69, 9.17) is 4.74 Å². The summed E-state index contributed by atoms with van der Waals surface area (Å²) in [5, 5.41) is 10.8. The molecule has 20 heavy (non-hydrogen) atoms. The Balaban J connectivity index is 1.95. The Labute approximate surface area is 120 Å². The van der Waals surface area contributed by atoms with Crippen molar-refractivity contribution >= 4 is 0 Å². The van der Waals surface area contributed by atoms with E-state index in [1.165, 1.54) is 0 Å². The number of hydrogen-bond acceptors (Lipinski definition) is 4. The number of likely N-dealkylation sites (N-methyl/N-ethyl adjacent to an activating group) is 1. The van der Waals surface area contributed by atoms with Crippen molar-refractivity contribution in [3.63, 3.8) is 0 Å². The molecule has 1 N–H and O–H groups in total. The van der Waals surface area contributed by atoms with E-state index in [0.29, 0.717) is 0 Å². The number of aliphatic hydroxyl groups is 1. The Bertz CT molecular complexity index is 481. The highest BCUT2D eigenvalue weighted by Crippen LogP contribution is 2.42. The average Bonchev–Trinajstić information content (AvgIpc) is 2.41. The lowest BCUT2D eigenvalue weighted by Crippen LogP contribution is -2.56. The number of rotatable bonds is 1. The molecule has 0 unspecified atom stereocenters. The molecule has 1 saturated heterocycles. The van der Waals surface area contributed by atoms with Crippen LogP contribution in [0.4, 0.5) is 0 Å². The Kier molecular flexibility index (Phi) is 3.48. The first-order valence-electron chi connectivity index (χ1n) is 7.37. The standard InChI is InChI=1S/C16H24N2O2/c1-16(2)15(19)14(18-10-8-17(3)9-11-18)12-6-4-5-7-13(12)20-16/h4-7,14-15,19H,8-11H2,1-3H3/t14-,15+/m1/s1. The molecular formula is C16H24N2O2. The van der Waals surface area contributed by atoms with Gasteiger partial charge in [-0.1, -0.05) is 18.2 Å². The van der Waals surface area contributed by atoms with Gasteiger partial charge >= 0.3 is 0 Å². The van der Waals surface area contributed by atoms with Crippen LogP contribution in [-0.2, 0) is 0 Å². The minimum absolute atomic E-state index is 0.0312. The minimum atomic E-state index is -0.553. The lowest BCUT2D eigenvalue weighted by Gasteiger charge is -2.48. The Morgan fingerprint density at radius 2 is 1.80 bits per heavy atom. The molecule has 1 aromatic carbocycles. The van der Waals surface area contributed by atoms with Crippen LogP contribution in [0.3, 0.4) is 0 Å². The van der Waals surface area contributed by atoms with Crippen LogP contribution < -0.4 is 4.74 Å². The van der Waals surface area contributed by atoms with Gasteiger partial charge in [-0.05, 0) is 27.0 Å². The largest absolute Gasteiger partial charge is 0.485 e. The maximum absolute atomic E-state index is 10.8. The molecule has 3 rings (SSSR count). The topological polar surface area (TPSA) is 35.9 Å². The number of piperazine rings is 1. The first kappa shape index (κ1) is 13.9. The van der Waals surface area contributed by atoms with E-state index >= 15 is 0 Å². The fourth-order valence-corrected chi connectivity index (χ4v) is 3.21. The van der Waals surface area contributed by atoms with Crippen molar-refractivity contribution in [2.75, 3.05) is 33.2 Å². The van der Waals surface area contributed by atoms with E-state index in [1.807, 2.05) is 32.0 Å². The quantitative estimate of drug-likeness (QED) is 0.843. The van der Waals surface area contributed by atoms with Crippen molar-refractivity contribution in [1.29, 1.82) is 0 Å². The van der Waals surface area contributed by atoms with Gasteiger partial charge in [-0.25, -0.2) is 0 Å². The molecule has 0 radical (unpaired) electrons. The van der Waals surface area contributed by atoms with Gasteiger partial charge in [0, 0.05) is 31.7 Å². The highest BCUT2D eigenvalue weighted by molar-refractivity contribution is 5.40. The third-order valence-electron chi connectivity index (χ3n) is 4.55. The fraction of sp³-hybridized carbons (Fsp3) is 0.625. The zero-order chi connectivity index (χ0) is 14.3. The van der Waals surface area contributed by atoms with Crippen LogP contribution in [0.15, 0.2) is 24.3 Å². The summed E-state index contributed by atoms with van der Waals surface area (Å²) in [7, 11) is 2.15. The van der Waals surface area contributed by atoms with E-state index in [1.54, 1.807) is 0 Å². The summed E-state index contributed by atoms with van der Waals surface area (Å²) in [6, 6.07) is 8.14. The summed E-state index contributed by atoms with van der Waals surface area (Å²) in [5.41, 5.74) is 0.561. The summed E-state index contributed by atoms with van der Waals surface area (Å²) in [6.45, 7) is 8.01. The second-order valence-corrected chi connectivity index (χ2v) is 6.47. The minimum Gasteiger partial charge on any atom is -0.485 e. The van der Waals surface area contributed by atoms with Gasteiger partial charge in [0.2, 0.25) is 0 Å². The summed E-state index contributed by atoms with van der Waals surface area (Å²) >= 11 is 0. The van der Waals surface area contributed by atoms with E-state index in [9.17, 15) is 5.11 Å². The Morgan fingerprint density at radius 3 is 2.50 bits per heavy atom. The molecule has 1 aromatic rings. The van der Waals surface area contributed by atoms with Gasteiger partial charge < -0.3 is 14.7 Å². The summed E-state index contributed by atoms with van der Waals surface area (Å²) < 4.78 is 5.99. The van der Waals surface area contributed by atoms with Crippen LogP contribution in [-0.4, -0.2) is 59.8 Å². The van der Waals surface area contributed by atoms with Crippen LogP contribution in [0.2, 0.25) is 0 Å². The highest BCUT2D eigenvalue weighted by atomic mass is 16.5. The van der Waals surface area contributed by atoms with Crippen LogP contribution in [0, 0.1) is 0 Å². The molecule has 1 fully saturated rings. The van der Waals surface area contributed by atoms with E-state index in [2.05, 4.69) is 22.9 Å². The zero-order valence-corrected chi connectivity index (χ0v) is 12.5. The van der Waals surface area contributed by atoms with Crippen molar-refractivity contribution in [2.45, 2.75) is 31.6 Å². The average molecular weight is 276 g/mol. The first-order valence-corrected chi connectivity index (χ1v) is 7.37. The zero-order valence-electron chi connectivity index (χ0n) is 12.5. The molecule has 0 saturated carbocycles. The van der Waals surface area contributed by atoms with Crippen LogP contribution in [0.1, 0.15) is 25.5 Å². The van der Waals surface area contributed by atoms with Gasteiger partial charge in [0.15, 0.2) is 0 Å². The Morgan fingerprint density at radius 1 is 1.15 bits per heavy atom. The van der Waals surface area contributed by atoms with Gasteiger partial charge in [-0.2, -0.15) is 0 Å². The van der Waals surface area contributed by atoms with Gasteiger partial charge in [0.25, 0.3) is 0 Å². The molecule has 0 aromatic heterocycles. The lowest BCUT2D eigenvalue weighted by atomic mass is 9.85.